The SMILES string of the molecule is CN(C)CCCN(C)c1ccc(CBr)cc1F. The molecule has 2 nitrogen and oxygen atoms in total. The molecule has 0 aliphatic heterocycles. The van der Waals surface area contributed by atoms with Crippen LogP contribution in [-0.4, -0.2) is 39.1 Å². The van der Waals surface area contributed by atoms with E-state index in [2.05, 4.69) is 20.8 Å². The summed E-state index contributed by atoms with van der Waals surface area (Å²) in [6.07, 6.45) is 1.03. The van der Waals surface area contributed by atoms with E-state index in [1.807, 2.05) is 38.2 Å². The topological polar surface area (TPSA) is 6.48 Å². The predicted octanol–water partition coefficient (Wildman–Crippen LogP) is 3.11. The van der Waals surface area contributed by atoms with Gasteiger partial charge < -0.3 is 9.80 Å². The lowest BCUT2D eigenvalue weighted by Gasteiger charge is -2.21. The Balaban J connectivity index is 2.59. The molecular formula is C13H20BrFN2. The molecule has 0 atom stereocenters. The highest BCUT2D eigenvalue weighted by molar-refractivity contribution is 9.08. The first kappa shape index (κ1) is 14.5. The molecule has 0 N–H and O–H groups in total. The molecule has 0 amide bonds. The molecule has 1 aromatic rings. The predicted molar refractivity (Wildman–Crippen MR) is 75.5 cm³/mol. The van der Waals surface area contributed by atoms with Crippen molar-refractivity contribution in [2.24, 2.45) is 0 Å². The van der Waals surface area contributed by atoms with E-state index in [1.54, 1.807) is 6.07 Å². The average Bonchev–Trinajstić information content (AvgIpc) is 2.28. The van der Waals surface area contributed by atoms with Crippen LogP contribution in [0.3, 0.4) is 0 Å². The summed E-state index contributed by atoms with van der Waals surface area (Å²) < 4.78 is 13.8. The summed E-state index contributed by atoms with van der Waals surface area (Å²) in [5.41, 5.74) is 1.64. The maximum Gasteiger partial charge on any atom is 0.146 e. The zero-order valence-electron chi connectivity index (χ0n) is 10.7. The number of nitrogens with zero attached hydrogens (tertiary/aromatic N) is 2. The zero-order valence-corrected chi connectivity index (χ0v) is 12.3. The van der Waals surface area contributed by atoms with Crippen LogP contribution in [0.2, 0.25) is 0 Å². The van der Waals surface area contributed by atoms with Crippen LogP contribution in [0, 0.1) is 5.82 Å². The van der Waals surface area contributed by atoms with Gasteiger partial charge in [-0.15, -0.1) is 0 Å². The van der Waals surface area contributed by atoms with Crippen molar-refractivity contribution >= 4 is 21.6 Å². The van der Waals surface area contributed by atoms with Crippen molar-refractivity contribution in [1.29, 1.82) is 0 Å². The number of hydrogen-bond acceptors (Lipinski definition) is 2. The van der Waals surface area contributed by atoms with E-state index in [4.69, 9.17) is 0 Å². The molecule has 1 aromatic carbocycles. The molecule has 0 bridgehead atoms. The standard InChI is InChI=1S/C13H20BrFN2/c1-16(2)7-4-8-17(3)13-6-5-11(10-14)9-12(13)15/h5-6,9H,4,7-8,10H2,1-3H3. The molecule has 1 rings (SSSR count). The molecule has 96 valence electrons. The van der Waals surface area contributed by atoms with E-state index in [1.165, 1.54) is 0 Å². The van der Waals surface area contributed by atoms with Crippen LogP contribution in [0.5, 0.6) is 0 Å². The summed E-state index contributed by atoms with van der Waals surface area (Å²) in [4.78, 5) is 4.11. The summed E-state index contributed by atoms with van der Waals surface area (Å²) in [5, 5.41) is 0.689. The van der Waals surface area contributed by atoms with Crippen molar-refractivity contribution in [2.45, 2.75) is 11.8 Å². The maximum atomic E-state index is 13.8. The summed E-state index contributed by atoms with van der Waals surface area (Å²) >= 11 is 3.33. The molecule has 0 heterocycles. The Bertz CT molecular complexity index is 355. The summed E-state index contributed by atoms with van der Waals surface area (Å²) in [6.45, 7) is 1.88. The fourth-order valence-corrected chi connectivity index (χ4v) is 2.04. The van der Waals surface area contributed by atoms with Gasteiger partial charge in [0.25, 0.3) is 0 Å². The Hall–Kier alpha value is -0.610. The van der Waals surface area contributed by atoms with E-state index in [9.17, 15) is 4.39 Å². The smallest absolute Gasteiger partial charge is 0.146 e. The summed E-state index contributed by atoms with van der Waals surface area (Å²) in [5.74, 6) is -0.144. The van der Waals surface area contributed by atoms with Gasteiger partial charge in [-0.25, -0.2) is 4.39 Å². The number of anilines is 1. The van der Waals surface area contributed by atoms with Gasteiger partial charge in [0.15, 0.2) is 0 Å². The van der Waals surface area contributed by atoms with Gasteiger partial charge in [-0.2, -0.15) is 0 Å². The van der Waals surface area contributed by atoms with Gasteiger partial charge in [0.05, 0.1) is 5.69 Å². The molecule has 0 unspecified atom stereocenters. The Labute approximate surface area is 112 Å². The maximum absolute atomic E-state index is 13.8. The van der Waals surface area contributed by atoms with Crippen LogP contribution in [-0.2, 0) is 5.33 Å². The highest BCUT2D eigenvalue weighted by Gasteiger charge is 2.07. The lowest BCUT2D eigenvalue weighted by atomic mass is 10.2. The molecule has 4 heteroatoms. The van der Waals surface area contributed by atoms with Crippen LogP contribution in [0.15, 0.2) is 18.2 Å². The fraction of sp³-hybridized carbons (Fsp3) is 0.538. The van der Waals surface area contributed by atoms with Gasteiger partial charge in [0.2, 0.25) is 0 Å². The van der Waals surface area contributed by atoms with Crippen molar-refractivity contribution in [3.63, 3.8) is 0 Å². The first-order valence-corrected chi connectivity index (χ1v) is 6.87. The number of rotatable bonds is 6. The molecule has 0 fully saturated rings. The summed E-state index contributed by atoms with van der Waals surface area (Å²) in [7, 11) is 6.03. The van der Waals surface area contributed by atoms with E-state index in [-0.39, 0.29) is 5.82 Å². The highest BCUT2D eigenvalue weighted by atomic mass is 79.9. The van der Waals surface area contributed by atoms with Crippen molar-refractivity contribution in [1.82, 2.24) is 4.90 Å². The molecule has 0 aliphatic carbocycles. The van der Waals surface area contributed by atoms with E-state index in [0.29, 0.717) is 11.0 Å². The van der Waals surface area contributed by atoms with Crippen LogP contribution in [0.4, 0.5) is 10.1 Å². The molecule has 0 spiro atoms. The first-order valence-electron chi connectivity index (χ1n) is 5.75. The Kier molecular flexibility index (Phi) is 5.92. The van der Waals surface area contributed by atoms with Gasteiger partial charge in [0, 0.05) is 18.9 Å². The third-order valence-electron chi connectivity index (χ3n) is 2.68. The monoisotopic (exact) mass is 302 g/mol. The molecule has 0 saturated carbocycles. The van der Waals surface area contributed by atoms with E-state index >= 15 is 0 Å². The average molecular weight is 303 g/mol. The number of alkyl halides is 1. The first-order chi connectivity index (χ1) is 8.04. The third-order valence-corrected chi connectivity index (χ3v) is 3.32. The summed E-state index contributed by atoms with van der Waals surface area (Å²) in [6, 6.07) is 5.39. The lowest BCUT2D eigenvalue weighted by molar-refractivity contribution is 0.401. The molecular weight excluding hydrogens is 283 g/mol. The van der Waals surface area contributed by atoms with Crippen molar-refractivity contribution in [2.75, 3.05) is 39.1 Å². The van der Waals surface area contributed by atoms with Gasteiger partial charge in [-0.05, 0) is 44.8 Å². The minimum Gasteiger partial charge on any atom is -0.372 e. The highest BCUT2D eigenvalue weighted by Crippen LogP contribution is 2.20. The second kappa shape index (κ2) is 6.97. The quantitative estimate of drug-likeness (QED) is 0.745. The van der Waals surface area contributed by atoms with Crippen molar-refractivity contribution in [3.05, 3.63) is 29.6 Å². The van der Waals surface area contributed by atoms with Gasteiger partial charge in [-0.1, -0.05) is 22.0 Å². The van der Waals surface area contributed by atoms with Gasteiger partial charge >= 0.3 is 0 Å². The van der Waals surface area contributed by atoms with Crippen LogP contribution >= 0.6 is 15.9 Å². The largest absolute Gasteiger partial charge is 0.372 e. The fourth-order valence-electron chi connectivity index (χ4n) is 1.69. The molecule has 0 saturated heterocycles. The third kappa shape index (κ3) is 4.64. The number of hydrogen-bond donors (Lipinski definition) is 0. The van der Waals surface area contributed by atoms with Crippen molar-refractivity contribution < 1.29 is 4.39 Å². The van der Waals surface area contributed by atoms with Crippen LogP contribution in [0.25, 0.3) is 0 Å². The molecule has 0 aromatic heterocycles. The Morgan fingerprint density at radius 3 is 2.41 bits per heavy atom. The zero-order chi connectivity index (χ0) is 12.8. The second-order valence-electron chi connectivity index (χ2n) is 4.50. The van der Waals surface area contributed by atoms with Gasteiger partial charge in [0.1, 0.15) is 5.82 Å². The Morgan fingerprint density at radius 2 is 1.88 bits per heavy atom. The molecule has 17 heavy (non-hydrogen) atoms. The van der Waals surface area contributed by atoms with Gasteiger partial charge in [-0.3, -0.25) is 0 Å². The molecule has 0 aliphatic rings. The second-order valence-corrected chi connectivity index (χ2v) is 5.06. The van der Waals surface area contributed by atoms with Crippen LogP contribution in [0.1, 0.15) is 12.0 Å². The minimum atomic E-state index is -0.144. The van der Waals surface area contributed by atoms with E-state index < -0.39 is 0 Å². The lowest BCUT2D eigenvalue weighted by Crippen LogP contribution is -2.24. The normalized spacial score (nSPS) is 10.9. The number of benzene rings is 1. The minimum absolute atomic E-state index is 0.144. The Morgan fingerprint density at radius 1 is 1.18 bits per heavy atom. The number of halogens is 2. The van der Waals surface area contributed by atoms with E-state index in [0.717, 1.165) is 25.1 Å². The van der Waals surface area contributed by atoms with Crippen molar-refractivity contribution in [3.8, 4) is 0 Å². The molecule has 0 radical (unpaired) electrons. The van der Waals surface area contributed by atoms with Crippen LogP contribution < -0.4 is 4.90 Å².